The summed E-state index contributed by atoms with van der Waals surface area (Å²) in [4.78, 5) is 17.5. The van der Waals surface area contributed by atoms with Crippen LogP contribution < -0.4 is 0 Å². The second-order valence-electron chi connectivity index (χ2n) is 10.4. The van der Waals surface area contributed by atoms with Crippen LogP contribution in [0.25, 0.3) is 22.0 Å². The van der Waals surface area contributed by atoms with Crippen molar-refractivity contribution in [3.05, 3.63) is 66.5 Å². The van der Waals surface area contributed by atoms with Gasteiger partial charge in [0, 0.05) is 54.8 Å². The Morgan fingerprint density at radius 2 is 1.67 bits per heavy atom. The van der Waals surface area contributed by atoms with Crippen molar-refractivity contribution in [1.82, 2.24) is 19.6 Å². The first-order chi connectivity index (χ1) is 16.0. The first-order valence-corrected chi connectivity index (χ1v) is 12.3. The van der Waals surface area contributed by atoms with Crippen molar-refractivity contribution in [1.29, 1.82) is 0 Å². The SMILES string of the molecule is C=C(N1CCN(C(=O)c2ccc(-c3ccc4cnn(CC5CC5)c4c3)cc2)CC1)C1(C)CC1. The average Bonchev–Trinajstić information content (AvgIpc) is 3.78. The Morgan fingerprint density at radius 3 is 2.33 bits per heavy atom. The van der Waals surface area contributed by atoms with Crippen LogP contribution in [0.3, 0.4) is 0 Å². The molecular weight excluding hydrogens is 408 g/mol. The van der Waals surface area contributed by atoms with Crippen LogP contribution in [0.2, 0.25) is 0 Å². The molecule has 6 rings (SSSR count). The molecule has 0 bridgehead atoms. The molecule has 1 saturated heterocycles. The zero-order valence-corrected chi connectivity index (χ0v) is 19.5. The van der Waals surface area contributed by atoms with Crippen molar-refractivity contribution >= 4 is 16.8 Å². The van der Waals surface area contributed by atoms with Gasteiger partial charge in [0.05, 0.1) is 11.7 Å². The van der Waals surface area contributed by atoms with E-state index in [0.717, 1.165) is 49.8 Å². The summed E-state index contributed by atoms with van der Waals surface area (Å²) in [5.41, 5.74) is 5.82. The maximum absolute atomic E-state index is 13.1. The molecule has 0 spiro atoms. The monoisotopic (exact) mass is 440 g/mol. The predicted molar refractivity (Wildman–Crippen MR) is 132 cm³/mol. The summed E-state index contributed by atoms with van der Waals surface area (Å²) in [7, 11) is 0. The smallest absolute Gasteiger partial charge is 0.253 e. The van der Waals surface area contributed by atoms with E-state index in [1.165, 1.54) is 47.8 Å². The van der Waals surface area contributed by atoms with E-state index >= 15 is 0 Å². The first kappa shape index (κ1) is 20.5. The summed E-state index contributed by atoms with van der Waals surface area (Å²) in [6, 6.07) is 14.6. The third-order valence-corrected chi connectivity index (χ3v) is 7.88. The molecule has 0 N–H and O–H groups in total. The molecule has 1 aliphatic heterocycles. The summed E-state index contributed by atoms with van der Waals surface area (Å²) in [5, 5.41) is 5.77. The Morgan fingerprint density at radius 1 is 1.00 bits per heavy atom. The number of fused-ring (bicyclic) bond motifs is 1. The van der Waals surface area contributed by atoms with E-state index in [1.807, 2.05) is 23.2 Å². The first-order valence-electron chi connectivity index (χ1n) is 12.3. The van der Waals surface area contributed by atoms with E-state index in [9.17, 15) is 4.79 Å². The fraction of sp³-hybridized carbons (Fsp3) is 0.429. The number of aromatic nitrogens is 2. The van der Waals surface area contributed by atoms with Gasteiger partial charge < -0.3 is 9.80 Å². The van der Waals surface area contributed by atoms with Crippen LogP contribution in [0.1, 0.15) is 43.0 Å². The van der Waals surface area contributed by atoms with Crippen LogP contribution in [-0.4, -0.2) is 51.7 Å². The second kappa shape index (κ2) is 7.75. The third kappa shape index (κ3) is 3.94. The molecular formula is C28H32N4O. The Kier molecular flexibility index (Phi) is 4.82. The highest BCUT2D eigenvalue weighted by atomic mass is 16.2. The number of rotatable bonds is 6. The fourth-order valence-corrected chi connectivity index (χ4v) is 4.97. The van der Waals surface area contributed by atoms with Gasteiger partial charge in [-0.15, -0.1) is 0 Å². The minimum atomic E-state index is 0.127. The Bertz CT molecular complexity index is 1210. The Hall–Kier alpha value is -3.08. The molecule has 33 heavy (non-hydrogen) atoms. The summed E-state index contributed by atoms with van der Waals surface area (Å²) in [5.74, 6) is 0.918. The van der Waals surface area contributed by atoms with Gasteiger partial charge in [-0.1, -0.05) is 37.8 Å². The van der Waals surface area contributed by atoms with E-state index in [4.69, 9.17) is 0 Å². The third-order valence-electron chi connectivity index (χ3n) is 7.88. The van der Waals surface area contributed by atoms with Crippen LogP contribution in [0.15, 0.2) is 60.9 Å². The summed E-state index contributed by atoms with van der Waals surface area (Å²) >= 11 is 0. The zero-order valence-electron chi connectivity index (χ0n) is 19.5. The van der Waals surface area contributed by atoms with Gasteiger partial charge in [-0.3, -0.25) is 9.48 Å². The van der Waals surface area contributed by atoms with E-state index in [-0.39, 0.29) is 5.91 Å². The van der Waals surface area contributed by atoms with Crippen LogP contribution >= 0.6 is 0 Å². The minimum Gasteiger partial charge on any atom is -0.371 e. The van der Waals surface area contributed by atoms with E-state index in [0.29, 0.717) is 5.41 Å². The lowest BCUT2D eigenvalue weighted by molar-refractivity contribution is 0.0659. The van der Waals surface area contributed by atoms with Gasteiger partial charge in [0.2, 0.25) is 0 Å². The topological polar surface area (TPSA) is 41.4 Å². The van der Waals surface area contributed by atoms with Crippen LogP contribution in [0.4, 0.5) is 0 Å². The second-order valence-corrected chi connectivity index (χ2v) is 10.4. The van der Waals surface area contributed by atoms with Gasteiger partial charge in [0.15, 0.2) is 0 Å². The van der Waals surface area contributed by atoms with E-state index in [2.05, 4.69) is 58.5 Å². The van der Waals surface area contributed by atoms with Crippen molar-refractivity contribution in [3.63, 3.8) is 0 Å². The summed E-state index contributed by atoms with van der Waals surface area (Å²) in [6.07, 6.45) is 7.09. The van der Waals surface area contributed by atoms with Crippen LogP contribution in [0, 0.1) is 11.3 Å². The lowest BCUT2D eigenvalue weighted by Gasteiger charge is -2.39. The molecule has 2 heterocycles. The number of hydrogen-bond acceptors (Lipinski definition) is 3. The maximum Gasteiger partial charge on any atom is 0.253 e. The highest BCUT2D eigenvalue weighted by Gasteiger charge is 2.42. The normalized spacial score (nSPS) is 19.7. The maximum atomic E-state index is 13.1. The van der Waals surface area contributed by atoms with Crippen molar-refractivity contribution in [2.24, 2.45) is 11.3 Å². The number of carbonyl (C=O) groups excluding carboxylic acids is 1. The molecule has 0 atom stereocenters. The van der Waals surface area contributed by atoms with Crippen molar-refractivity contribution in [2.45, 2.75) is 39.2 Å². The number of hydrogen-bond donors (Lipinski definition) is 0. The van der Waals surface area contributed by atoms with Crippen LogP contribution in [0.5, 0.6) is 0 Å². The standard InChI is InChI=1S/C28H32N4O/c1-20(28(2)11-12-28)30-13-15-31(16-14-30)27(33)23-7-5-22(6-8-23)24-9-10-25-18-29-32(26(25)17-24)19-21-3-4-21/h5-10,17-18,21H,1,3-4,11-16,19H2,2H3. The molecule has 0 unspecified atom stereocenters. The van der Waals surface area contributed by atoms with Crippen molar-refractivity contribution < 1.29 is 4.79 Å². The van der Waals surface area contributed by atoms with Gasteiger partial charge >= 0.3 is 0 Å². The highest BCUT2D eigenvalue weighted by Crippen LogP contribution is 2.51. The van der Waals surface area contributed by atoms with Gasteiger partial charge in [-0.05, 0) is 60.9 Å². The molecule has 1 aromatic heterocycles. The van der Waals surface area contributed by atoms with Crippen molar-refractivity contribution in [3.8, 4) is 11.1 Å². The molecule has 2 aliphatic carbocycles. The number of benzene rings is 2. The largest absolute Gasteiger partial charge is 0.371 e. The molecule has 3 aromatic rings. The Labute approximate surface area is 195 Å². The molecule has 1 amide bonds. The number of allylic oxidation sites excluding steroid dienone is 1. The number of carbonyl (C=O) groups is 1. The lowest BCUT2D eigenvalue weighted by atomic mass is 10.0. The van der Waals surface area contributed by atoms with Gasteiger partial charge in [0.1, 0.15) is 0 Å². The van der Waals surface area contributed by atoms with Crippen LogP contribution in [-0.2, 0) is 6.54 Å². The van der Waals surface area contributed by atoms with E-state index < -0.39 is 0 Å². The number of piperazine rings is 1. The fourth-order valence-electron chi connectivity index (χ4n) is 4.97. The quantitative estimate of drug-likeness (QED) is 0.530. The van der Waals surface area contributed by atoms with Gasteiger partial charge in [-0.25, -0.2) is 0 Å². The molecule has 2 saturated carbocycles. The highest BCUT2D eigenvalue weighted by molar-refractivity contribution is 5.95. The number of nitrogens with zero attached hydrogens (tertiary/aromatic N) is 4. The van der Waals surface area contributed by atoms with Gasteiger partial charge in [-0.2, -0.15) is 5.10 Å². The summed E-state index contributed by atoms with van der Waals surface area (Å²) < 4.78 is 2.15. The molecule has 0 radical (unpaired) electrons. The van der Waals surface area contributed by atoms with Crippen molar-refractivity contribution in [2.75, 3.05) is 26.2 Å². The zero-order chi connectivity index (χ0) is 22.6. The molecule has 5 nitrogen and oxygen atoms in total. The summed E-state index contributed by atoms with van der Waals surface area (Å²) in [6.45, 7) is 10.9. The lowest BCUT2D eigenvalue weighted by Crippen LogP contribution is -2.48. The van der Waals surface area contributed by atoms with E-state index in [1.54, 1.807) is 0 Å². The average molecular weight is 441 g/mol. The Balaban J connectivity index is 1.14. The molecule has 5 heteroatoms. The molecule has 2 aromatic carbocycles. The van der Waals surface area contributed by atoms with Gasteiger partial charge in [0.25, 0.3) is 5.91 Å². The molecule has 170 valence electrons. The number of amides is 1. The molecule has 3 aliphatic rings. The predicted octanol–water partition coefficient (Wildman–Crippen LogP) is 5.18. The molecule has 3 fully saturated rings. The minimum absolute atomic E-state index is 0.127.